The molecule has 2 aliphatic rings. The van der Waals surface area contributed by atoms with Crippen molar-refractivity contribution in [3.8, 4) is 0 Å². The van der Waals surface area contributed by atoms with Crippen LogP contribution >= 0.6 is 11.3 Å². The number of rotatable bonds is 4. The summed E-state index contributed by atoms with van der Waals surface area (Å²) in [6.45, 7) is 0.243. The first kappa shape index (κ1) is 21.9. The third kappa shape index (κ3) is 4.35. The molecule has 0 unspecified atom stereocenters. The Morgan fingerprint density at radius 2 is 1.90 bits per heavy atom. The molecule has 0 fully saturated rings. The van der Waals surface area contributed by atoms with E-state index in [1.54, 1.807) is 19.0 Å². The van der Waals surface area contributed by atoms with E-state index in [2.05, 4.69) is 10.5 Å². The number of nitrogens with zero attached hydrogens (tertiary/aromatic N) is 4. The second-order valence-electron chi connectivity index (χ2n) is 8.31. The highest BCUT2D eigenvalue weighted by molar-refractivity contribution is 7.12. The molecule has 0 saturated heterocycles. The minimum absolute atomic E-state index is 0.0647. The molecule has 0 saturated carbocycles. The third-order valence-corrected chi connectivity index (χ3v) is 6.99. The zero-order valence-electron chi connectivity index (χ0n) is 17.6. The van der Waals surface area contributed by atoms with Crippen LogP contribution in [0.3, 0.4) is 0 Å². The number of alkyl halides is 3. The number of amides is 2. The van der Waals surface area contributed by atoms with Crippen molar-refractivity contribution in [2.45, 2.75) is 57.8 Å². The van der Waals surface area contributed by atoms with Crippen molar-refractivity contribution in [1.29, 1.82) is 0 Å². The number of thiophene rings is 1. The van der Waals surface area contributed by atoms with Crippen LogP contribution in [-0.2, 0) is 32.4 Å². The van der Waals surface area contributed by atoms with Gasteiger partial charge in [0.25, 0.3) is 11.8 Å². The molecule has 31 heavy (non-hydrogen) atoms. The smallest absolute Gasteiger partial charge is 0.343 e. The molecule has 3 heterocycles. The van der Waals surface area contributed by atoms with Gasteiger partial charge in [-0.2, -0.15) is 18.3 Å². The first-order valence-corrected chi connectivity index (χ1v) is 11.3. The molecule has 0 spiro atoms. The number of carbonyl (C=O) groups excluding carboxylic acids is 2. The standard InChI is InChI=1S/C21H25F3N4O2S/c1-26(2)19(29)17-15-11-27(9-7-16(15)28(25-17)10-8-21(22,23)24)20(30)18-14-6-4-3-5-13(14)12-31-18/h12H,3-11H2,1-2H3. The second kappa shape index (κ2) is 8.29. The minimum atomic E-state index is -4.31. The first-order valence-electron chi connectivity index (χ1n) is 10.4. The highest BCUT2D eigenvalue weighted by atomic mass is 32.1. The molecule has 4 rings (SSSR count). The quantitative estimate of drug-likeness (QED) is 0.708. The Morgan fingerprint density at radius 1 is 1.16 bits per heavy atom. The van der Waals surface area contributed by atoms with Crippen LogP contribution in [0.2, 0.25) is 0 Å². The predicted octanol–water partition coefficient (Wildman–Crippen LogP) is 3.68. The summed E-state index contributed by atoms with van der Waals surface area (Å²) in [7, 11) is 3.15. The molecule has 0 bridgehead atoms. The lowest BCUT2D eigenvalue weighted by molar-refractivity contribution is -0.137. The predicted molar refractivity (Wildman–Crippen MR) is 110 cm³/mol. The van der Waals surface area contributed by atoms with Crippen molar-refractivity contribution in [2.24, 2.45) is 0 Å². The van der Waals surface area contributed by atoms with Gasteiger partial charge in [-0.05, 0) is 42.2 Å². The number of aromatic nitrogens is 2. The zero-order chi connectivity index (χ0) is 22.3. The van der Waals surface area contributed by atoms with E-state index in [0.29, 0.717) is 24.2 Å². The number of hydrogen-bond donors (Lipinski definition) is 0. The van der Waals surface area contributed by atoms with Crippen molar-refractivity contribution >= 4 is 23.2 Å². The molecular weight excluding hydrogens is 429 g/mol. The van der Waals surface area contributed by atoms with Crippen LogP contribution in [-0.4, -0.2) is 58.2 Å². The summed E-state index contributed by atoms with van der Waals surface area (Å²) < 4.78 is 39.6. The first-order chi connectivity index (χ1) is 14.7. The maximum Gasteiger partial charge on any atom is 0.390 e. The van der Waals surface area contributed by atoms with Gasteiger partial charge >= 0.3 is 6.18 Å². The summed E-state index contributed by atoms with van der Waals surface area (Å²) >= 11 is 1.47. The fourth-order valence-electron chi connectivity index (χ4n) is 4.31. The fourth-order valence-corrected chi connectivity index (χ4v) is 5.43. The summed E-state index contributed by atoms with van der Waals surface area (Å²) in [5, 5.41) is 6.30. The monoisotopic (exact) mass is 454 g/mol. The van der Waals surface area contributed by atoms with Crippen LogP contribution in [0.25, 0.3) is 0 Å². The summed E-state index contributed by atoms with van der Waals surface area (Å²) in [5.41, 5.74) is 3.70. The third-order valence-electron chi connectivity index (χ3n) is 5.93. The molecule has 1 aliphatic carbocycles. The zero-order valence-corrected chi connectivity index (χ0v) is 18.4. The van der Waals surface area contributed by atoms with E-state index < -0.39 is 12.6 Å². The maximum absolute atomic E-state index is 13.3. The van der Waals surface area contributed by atoms with Crippen LogP contribution in [0, 0.1) is 0 Å². The topological polar surface area (TPSA) is 58.4 Å². The van der Waals surface area contributed by atoms with Gasteiger partial charge in [0.1, 0.15) is 0 Å². The van der Waals surface area contributed by atoms with Gasteiger partial charge in [0.05, 0.1) is 17.8 Å². The van der Waals surface area contributed by atoms with Gasteiger partial charge in [0.2, 0.25) is 0 Å². The summed E-state index contributed by atoms with van der Waals surface area (Å²) in [6, 6.07) is 0. The SMILES string of the molecule is CN(C)C(=O)c1nn(CCC(F)(F)F)c2c1CN(C(=O)c1scc3c1CCCC3)CC2. The Labute approximate surface area is 182 Å². The van der Waals surface area contributed by atoms with Gasteiger partial charge in [-0.3, -0.25) is 14.3 Å². The molecule has 2 aromatic heterocycles. The van der Waals surface area contributed by atoms with E-state index in [0.717, 1.165) is 36.1 Å². The summed E-state index contributed by atoms with van der Waals surface area (Å²) in [6.07, 6.45) is -0.838. The molecule has 1 aliphatic heterocycles. The van der Waals surface area contributed by atoms with E-state index in [-0.39, 0.29) is 30.6 Å². The Bertz CT molecular complexity index is 1010. The highest BCUT2D eigenvalue weighted by Crippen LogP contribution is 2.33. The molecule has 0 radical (unpaired) electrons. The lowest BCUT2D eigenvalue weighted by Crippen LogP contribution is -2.37. The summed E-state index contributed by atoms with van der Waals surface area (Å²) in [4.78, 5) is 29.7. The fraction of sp³-hybridized carbons (Fsp3) is 0.571. The van der Waals surface area contributed by atoms with Gasteiger partial charge in [0, 0.05) is 44.9 Å². The molecule has 0 aromatic carbocycles. The Balaban J connectivity index is 1.62. The largest absolute Gasteiger partial charge is 0.390 e. The van der Waals surface area contributed by atoms with E-state index in [1.165, 1.54) is 26.5 Å². The Hall–Kier alpha value is -2.36. The Kier molecular flexibility index (Phi) is 5.85. The van der Waals surface area contributed by atoms with Gasteiger partial charge in [-0.25, -0.2) is 0 Å². The van der Waals surface area contributed by atoms with Crippen LogP contribution in [0.1, 0.15) is 61.8 Å². The number of hydrogen-bond acceptors (Lipinski definition) is 4. The number of halogens is 3. The van der Waals surface area contributed by atoms with Crippen molar-refractivity contribution in [3.63, 3.8) is 0 Å². The van der Waals surface area contributed by atoms with E-state index in [1.807, 2.05) is 0 Å². The van der Waals surface area contributed by atoms with Crippen LogP contribution in [0.4, 0.5) is 13.2 Å². The molecule has 6 nitrogen and oxygen atoms in total. The second-order valence-corrected chi connectivity index (χ2v) is 9.19. The van der Waals surface area contributed by atoms with Crippen LogP contribution in [0.5, 0.6) is 0 Å². The minimum Gasteiger partial charge on any atom is -0.343 e. The van der Waals surface area contributed by atoms with Crippen LogP contribution in [0.15, 0.2) is 5.38 Å². The van der Waals surface area contributed by atoms with E-state index in [4.69, 9.17) is 0 Å². The number of carbonyl (C=O) groups is 2. The average molecular weight is 455 g/mol. The van der Waals surface area contributed by atoms with Gasteiger partial charge in [-0.15, -0.1) is 11.3 Å². The normalized spacial score (nSPS) is 16.1. The van der Waals surface area contributed by atoms with Gasteiger partial charge < -0.3 is 9.80 Å². The Morgan fingerprint density at radius 3 is 2.61 bits per heavy atom. The molecule has 0 atom stereocenters. The molecule has 168 valence electrons. The van der Waals surface area contributed by atoms with E-state index >= 15 is 0 Å². The molecule has 10 heteroatoms. The molecule has 2 amide bonds. The molecule has 2 aromatic rings. The molecular formula is C21H25F3N4O2S. The van der Waals surface area contributed by atoms with Crippen molar-refractivity contribution in [3.05, 3.63) is 38.3 Å². The van der Waals surface area contributed by atoms with E-state index in [9.17, 15) is 22.8 Å². The lowest BCUT2D eigenvalue weighted by Gasteiger charge is -2.28. The van der Waals surface area contributed by atoms with Gasteiger partial charge in [-0.1, -0.05) is 0 Å². The summed E-state index contributed by atoms with van der Waals surface area (Å²) in [5.74, 6) is -0.435. The highest BCUT2D eigenvalue weighted by Gasteiger charge is 2.34. The maximum atomic E-state index is 13.3. The van der Waals surface area contributed by atoms with Crippen molar-refractivity contribution in [2.75, 3.05) is 20.6 Å². The van der Waals surface area contributed by atoms with Crippen molar-refractivity contribution in [1.82, 2.24) is 19.6 Å². The average Bonchev–Trinajstić information content (AvgIpc) is 3.32. The lowest BCUT2D eigenvalue weighted by atomic mass is 9.93. The molecule has 0 N–H and O–H groups in total. The number of fused-ring (bicyclic) bond motifs is 2. The van der Waals surface area contributed by atoms with Crippen LogP contribution < -0.4 is 0 Å². The van der Waals surface area contributed by atoms with Gasteiger partial charge in [0.15, 0.2) is 5.69 Å². The number of aryl methyl sites for hydroxylation is 2. The van der Waals surface area contributed by atoms with Crippen molar-refractivity contribution < 1.29 is 22.8 Å².